The molecule has 2 aliphatic heterocycles. The standard InChI is InChI=1S/C38H52N4O12Si/c1-9-25-16-27(43)21-39(25)37(46)30-18-34(51-6)35(20-32(30)42(49)50)53-14-12-10-11-13-52-33-19-31(41(47)48)29(15-24(33)2)36(45)40-22-28(44)17-26(40)23-54-55(7,8)38(3,4)5/h15,18-20,25-26H,9-14,16-17,21-23H2,1-8H3/t25-,26+/m1/s1. The predicted octanol–water partition coefficient (Wildman–Crippen LogP) is 6.45. The number of Topliss-reactive ketones (excluding diaryl/α,β-unsaturated/α-hetero) is 2. The molecule has 2 aromatic rings. The fourth-order valence-corrected chi connectivity index (χ4v) is 7.42. The number of carbonyl (C=O) groups excluding carboxylic acids is 4. The van der Waals surface area contributed by atoms with Gasteiger partial charge in [0.2, 0.25) is 0 Å². The lowest BCUT2D eigenvalue weighted by Crippen LogP contribution is -2.46. The van der Waals surface area contributed by atoms with Crippen molar-refractivity contribution in [2.24, 2.45) is 0 Å². The highest BCUT2D eigenvalue weighted by Gasteiger charge is 2.42. The molecule has 2 atom stereocenters. The second-order valence-corrected chi connectivity index (χ2v) is 20.4. The van der Waals surface area contributed by atoms with Crippen LogP contribution in [0.4, 0.5) is 11.4 Å². The number of nitro groups is 2. The van der Waals surface area contributed by atoms with Crippen molar-refractivity contribution in [2.45, 2.75) is 103 Å². The number of amides is 2. The lowest BCUT2D eigenvalue weighted by atomic mass is 10.1. The van der Waals surface area contributed by atoms with Crippen LogP contribution in [0.25, 0.3) is 0 Å². The van der Waals surface area contributed by atoms with Gasteiger partial charge < -0.3 is 28.4 Å². The third kappa shape index (κ3) is 10.0. The van der Waals surface area contributed by atoms with E-state index in [0.29, 0.717) is 31.2 Å². The smallest absolute Gasteiger partial charge is 0.286 e. The van der Waals surface area contributed by atoms with Gasteiger partial charge in [0, 0.05) is 24.9 Å². The molecule has 2 amide bonds. The van der Waals surface area contributed by atoms with E-state index in [0.717, 1.165) is 6.07 Å². The van der Waals surface area contributed by atoms with Gasteiger partial charge in [0.25, 0.3) is 23.2 Å². The number of hydrogen-bond acceptors (Lipinski definition) is 12. The fraction of sp³-hybridized carbons (Fsp3) is 0.579. The number of hydrogen-bond donors (Lipinski definition) is 0. The Morgan fingerprint density at radius 1 is 0.800 bits per heavy atom. The number of nitro benzene ring substituents is 2. The quantitative estimate of drug-likeness (QED) is 0.0737. The van der Waals surface area contributed by atoms with Crippen molar-refractivity contribution >= 4 is 43.1 Å². The first kappa shape index (κ1) is 42.8. The van der Waals surface area contributed by atoms with Crippen LogP contribution in [-0.4, -0.2) is 103 Å². The Morgan fingerprint density at radius 2 is 1.29 bits per heavy atom. The molecule has 4 rings (SSSR count). The summed E-state index contributed by atoms with van der Waals surface area (Å²) in [5, 5.41) is 24.0. The van der Waals surface area contributed by atoms with Gasteiger partial charge in [-0.2, -0.15) is 0 Å². The maximum atomic E-state index is 13.7. The Balaban J connectivity index is 1.34. The van der Waals surface area contributed by atoms with Crippen LogP contribution >= 0.6 is 0 Å². The molecule has 2 saturated heterocycles. The molecule has 0 bridgehead atoms. The summed E-state index contributed by atoms with van der Waals surface area (Å²) in [7, 11) is -0.815. The Hall–Kier alpha value is -4.90. The number of ketones is 2. The molecular weight excluding hydrogens is 733 g/mol. The van der Waals surface area contributed by atoms with Crippen LogP contribution < -0.4 is 14.2 Å². The molecule has 2 fully saturated rings. The molecule has 0 saturated carbocycles. The minimum atomic E-state index is -2.17. The first-order valence-electron chi connectivity index (χ1n) is 18.5. The summed E-state index contributed by atoms with van der Waals surface area (Å²) >= 11 is 0. The Morgan fingerprint density at radius 3 is 1.80 bits per heavy atom. The van der Waals surface area contributed by atoms with Gasteiger partial charge in [-0.25, -0.2) is 0 Å². The Labute approximate surface area is 321 Å². The summed E-state index contributed by atoms with van der Waals surface area (Å²) in [6.45, 7) is 14.3. The number of likely N-dealkylation sites (tertiary alicyclic amines) is 2. The zero-order valence-electron chi connectivity index (χ0n) is 32.9. The number of benzene rings is 2. The highest BCUT2D eigenvalue weighted by atomic mass is 28.4. The number of unbranched alkanes of at least 4 members (excludes halogenated alkanes) is 2. The molecule has 0 unspecified atom stereocenters. The molecule has 16 nitrogen and oxygen atoms in total. The lowest BCUT2D eigenvalue weighted by molar-refractivity contribution is -0.385. The van der Waals surface area contributed by atoms with Gasteiger partial charge in [0.1, 0.15) is 16.9 Å². The van der Waals surface area contributed by atoms with Gasteiger partial charge in [0.05, 0.1) is 68.0 Å². The van der Waals surface area contributed by atoms with E-state index in [2.05, 4.69) is 33.9 Å². The number of aryl methyl sites for hydroxylation is 1. The van der Waals surface area contributed by atoms with Crippen LogP contribution in [0.3, 0.4) is 0 Å². The average Bonchev–Trinajstić information content (AvgIpc) is 3.70. The molecule has 17 heteroatoms. The molecule has 2 heterocycles. The van der Waals surface area contributed by atoms with E-state index < -0.39 is 47.4 Å². The van der Waals surface area contributed by atoms with Crippen molar-refractivity contribution in [3.8, 4) is 17.2 Å². The molecule has 0 radical (unpaired) electrons. The second kappa shape index (κ2) is 17.7. The van der Waals surface area contributed by atoms with Gasteiger partial charge >= 0.3 is 0 Å². The van der Waals surface area contributed by atoms with Crippen LogP contribution in [0.15, 0.2) is 24.3 Å². The van der Waals surface area contributed by atoms with Gasteiger partial charge in [-0.05, 0) is 62.4 Å². The summed E-state index contributed by atoms with van der Waals surface area (Å²) in [4.78, 5) is 77.0. The average molecular weight is 785 g/mol. The van der Waals surface area contributed by atoms with Crippen LogP contribution in [0.2, 0.25) is 18.1 Å². The fourth-order valence-electron chi connectivity index (χ4n) is 6.38. The number of rotatable bonds is 17. The third-order valence-corrected chi connectivity index (χ3v) is 15.2. The van der Waals surface area contributed by atoms with E-state index in [1.165, 1.54) is 35.1 Å². The van der Waals surface area contributed by atoms with Gasteiger partial charge in [-0.1, -0.05) is 27.7 Å². The van der Waals surface area contributed by atoms with E-state index in [4.69, 9.17) is 18.6 Å². The lowest BCUT2D eigenvalue weighted by Gasteiger charge is -2.37. The number of carbonyl (C=O) groups is 4. The van der Waals surface area contributed by atoms with E-state index >= 15 is 0 Å². The van der Waals surface area contributed by atoms with Crippen molar-refractivity contribution in [2.75, 3.05) is 40.0 Å². The monoisotopic (exact) mass is 784 g/mol. The minimum absolute atomic E-state index is 0.0722. The normalized spacial score (nSPS) is 17.5. The summed E-state index contributed by atoms with van der Waals surface area (Å²) in [5.74, 6) is -0.962. The first-order chi connectivity index (χ1) is 25.8. The van der Waals surface area contributed by atoms with Crippen LogP contribution in [0.1, 0.15) is 92.5 Å². The first-order valence-corrected chi connectivity index (χ1v) is 21.4. The molecule has 2 aromatic carbocycles. The van der Waals surface area contributed by atoms with Crippen molar-refractivity contribution in [3.63, 3.8) is 0 Å². The molecule has 0 aromatic heterocycles. The van der Waals surface area contributed by atoms with E-state index in [1.807, 2.05) is 6.92 Å². The molecule has 0 aliphatic carbocycles. The zero-order valence-corrected chi connectivity index (χ0v) is 33.9. The van der Waals surface area contributed by atoms with E-state index in [1.54, 1.807) is 6.92 Å². The molecular formula is C38H52N4O12Si. The summed E-state index contributed by atoms with van der Waals surface area (Å²) in [5.41, 5.74) is -0.658. The van der Waals surface area contributed by atoms with Gasteiger partial charge in [0.15, 0.2) is 31.4 Å². The number of methoxy groups -OCH3 is 1. The molecule has 55 heavy (non-hydrogen) atoms. The second-order valence-electron chi connectivity index (χ2n) is 15.6. The largest absolute Gasteiger partial charge is 0.493 e. The highest BCUT2D eigenvalue weighted by molar-refractivity contribution is 6.74. The minimum Gasteiger partial charge on any atom is -0.493 e. The number of nitrogens with zero attached hydrogens (tertiary/aromatic N) is 4. The van der Waals surface area contributed by atoms with Crippen molar-refractivity contribution in [3.05, 3.63) is 61.2 Å². The van der Waals surface area contributed by atoms with Crippen molar-refractivity contribution in [1.29, 1.82) is 0 Å². The molecule has 300 valence electrons. The SMILES string of the molecule is CC[C@@H]1CC(=O)CN1C(=O)c1cc(OC)c(OCCCCCOc2cc([N+](=O)[O-])c(C(=O)N3CC(=O)C[C@H]3CO[Si](C)(C)C(C)(C)C)cc2C)cc1[N+](=O)[O-]. The zero-order chi connectivity index (χ0) is 40.8. The van der Waals surface area contributed by atoms with Crippen LogP contribution in [0.5, 0.6) is 17.2 Å². The molecule has 0 N–H and O–H groups in total. The summed E-state index contributed by atoms with van der Waals surface area (Å²) < 4.78 is 23.4. The molecule has 0 spiro atoms. The predicted molar refractivity (Wildman–Crippen MR) is 205 cm³/mol. The Bertz CT molecular complexity index is 1830. The van der Waals surface area contributed by atoms with E-state index in [-0.39, 0.29) is 96.8 Å². The summed E-state index contributed by atoms with van der Waals surface area (Å²) in [6, 6.07) is 4.25. The third-order valence-electron chi connectivity index (χ3n) is 10.7. The van der Waals surface area contributed by atoms with Crippen LogP contribution in [0, 0.1) is 27.2 Å². The summed E-state index contributed by atoms with van der Waals surface area (Å²) in [6.07, 6.45) is 2.56. The van der Waals surface area contributed by atoms with Gasteiger partial charge in [-0.15, -0.1) is 0 Å². The van der Waals surface area contributed by atoms with E-state index in [9.17, 15) is 39.4 Å². The maximum Gasteiger partial charge on any atom is 0.286 e. The highest BCUT2D eigenvalue weighted by Crippen LogP contribution is 2.39. The van der Waals surface area contributed by atoms with Gasteiger partial charge in [-0.3, -0.25) is 39.4 Å². The van der Waals surface area contributed by atoms with Crippen LogP contribution in [-0.2, 0) is 14.0 Å². The number of ether oxygens (including phenoxy) is 3. The molecule has 2 aliphatic rings. The maximum absolute atomic E-state index is 13.7. The topological polar surface area (TPSA) is 198 Å². The Kier molecular flexibility index (Phi) is 13.8. The van der Waals surface area contributed by atoms with Crippen molar-refractivity contribution in [1.82, 2.24) is 9.80 Å². The van der Waals surface area contributed by atoms with Crippen molar-refractivity contribution < 1.29 is 47.7 Å².